The molecule has 2 rings (SSSR count). The molecule has 0 saturated carbocycles. The van der Waals surface area contributed by atoms with Gasteiger partial charge in [0.1, 0.15) is 6.61 Å². The van der Waals surface area contributed by atoms with E-state index >= 15 is 0 Å². The van der Waals surface area contributed by atoms with Crippen LogP contribution in [0.15, 0.2) is 40.9 Å². The quantitative estimate of drug-likeness (QED) is 0.875. The van der Waals surface area contributed by atoms with Gasteiger partial charge in [-0.25, -0.2) is 9.59 Å². The molecule has 19 heavy (non-hydrogen) atoms. The zero-order chi connectivity index (χ0) is 13.7. The number of carboxylic acid groups (broad SMARTS) is 1. The van der Waals surface area contributed by atoms with Crippen LogP contribution in [0.4, 0.5) is 10.6 Å². The molecule has 0 radical (unpaired) electrons. The molecule has 2 N–H and O–H groups in total. The minimum Gasteiger partial charge on any atom is -0.475 e. The molecule has 98 valence electrons. The fraction of sp³-hybridized carbons (Fsp3) is 0.0833. The number of nitrogens with zero attached hydrogens (tertiary/aromatic N) is 1. The Morgan fingerprint density at radius 2 is 2.05 bits per heavy atom. The fourth-order valence-electron chi connectivity index (χ4n) is 1.30. The van der Waals surface area contributed by atoms with Crippen molar-refractivity contribution >= 4 is 17.9 Å². The lowest BCUT2D eigenvalue weighted by atomic mass is 10.2. The Kier molecular flexibility index (Phi) is 3.77. The molecule has 0 bridgehead atoms. The first-order valence-corrected chi connectivity index (χ1v) is 5.33. The monoisotopic (exact) mass is 262 g/mol. The minimum absolute atomic E-state index is 0.0181. The van der Waals surface area contributed by atoms with Crippen LogP contribution in [0.5, 0.6) is 0 Å². The number of aromatic nitrogens is 1. The van der Waals surface area contributed by atoms with Gasteiger partial charge in [0.2, 0.25) is 5.76 Å². The summed E-state index contributed by atoms with van der Waals surface area (Å²) in [7, 11) is 0. The number of benzene rings is 1. The standard InChI is InChI=1S/C12H10N2O5/c15-11(16)9-6-10(14-19-9)13-12(17)18-7-8-4-2-1-3-5-8/h1-6H,7H2,(H,15,16)(H,13,14,17). The first-order chi connectivity index (χ1) is 9.15. The third-order valence-corrected chi connectivity index (χ3v) is 2.16. The van der Waals surface area contributed by atoms with Gasteiger partial charge in [-0.3, -0.25) is 5.32 Å². The van der Waals surface area contributed by atoms with Crippen LogP contribution >= 0.6 is 0 Å². The van der Waals surface area contributed by atoms with Crippen molar-refractivity contribution in [3.8, 4) is 0 Å². The van der Waals surface area contributed by atoms with E-state index in [2.05, 4.69) is 15.0 Å². The van der Waals surface area contributed by atoms with E-state index in [-0.39, 0.29) is 18.2 Å². The lowest BCUT2D eigenvalue weighted by Gasteiger charge is -2.04. The summed E-state index contributed by atoms with van der Waals surface area (Å²) in [5, 5.41) is 14.2. The molecule has 0 unspecified atom stereocenters. The Balaban J connectivity index is 1.85. The van der Waals surface area contributed by atoms with E-state index < -0.39 is 12.1 Å². The van der Waals surface area contributed by atoms with Gasteiger partial charge >= 0.3 is 12.1 Å². The molecule has 1 amide bonds. The molecule has 7 nitrogen and oxygen atoms in total. The maximum Gasteiger partial charge on any atom is 0.413 e. The zero-order valence-electron chi connectivity index (χ0n) is 9.70. The Labute approximate surface area is 107 Å². The van der Waals surface area contributed by atoms with E-state index in [1.807, 2.05) is 30.3 Å². The molecule has 1 aromatic heterocycles. The summed E-state index contributed by atoms with van der Waals surface area (Å²) in [5.41, 5.74) is 0.837. The van der Waals surface area contributed by atoms with E-state index in [0.717, 1.165) is 11.6 Å². The topological polar surface area (TPSA) is 102 Å². The first-order valence-electron chi connectivity index (χ1n) is 5.33. The average molecular weight is 262 g/mol. The van der Waals surface area contributed by atoms with Gasteiger partial charge in [0.05, 0.1) is 0 Å². The predicted octanol–water partition coefficient (Wildman–Crippen LogP) is 2.12. The predicted molar refractivity (Wildman–Crippen MR) is 63.7 cm³/mol. The van der Waals surface area contributed by atoms with Crippen molar-refractivity contribution in [2.45, 2.75) is 6.61 Å². The molecule has 1 heterocycles. The van der Waals surface area contributed by atoms with Crippen molar-refractivity contribution in [2.75, 3.05) is 5.32 Å². The Morgan fingerprint density at radius 3 is 2.68 bits per heavy atom. The number of carbonyl (C=O) groups excluding carboxylic acids is 1. The minimum atomic E-state index is -1.27. The summed E-state index contributed by atoms with van der Waals surface area (Å²) in [4.78, 5) is 21.9. The molecule has 0 atom stereocenters. The number of rotatable bonds is 4. The molecule has 2 aromatic rings. The van der Waals surface area contributed by atoms with Gasteiger partial charge in [0.25, 0.3) is 0 Å². The van der Waals surface area contributed by atoms with Crippen LogP contribution < -0.4 is 5.32 Å². The van der Waals surface area contributed by atoms with Crippen molar-refractivity contribution in [3.63, 3.8) is 0 Å². The second kappa shape index (κ2) is 5.67. The van der Waals surface area contributed by atoms with Gasteiger partial charge in [-0.2, -0.15) is 0 Å². The van der Waals surface area contributed by atoms with Crippen molar-refractivity contribution in [2.24, 2.45) is 0 Å². The summed E-state index contributed by atoms with van der Waals surface area (Å²) < 4.78 is 9.39. The van der Waals surface area contributed by atoms with Gasteiger partial charge in [0.15, 0.2) is 5.82 Å². The summed E-state index contributed by atoms with van der Waals surface area (Å²) in [5.74, 6) is -1.65. The largest absolute Gasteiger partial charge is 0.475 e. The normalized spacial score (nSPS) is 9.89. The lowest BCUT2D eigenvalue weighted by Crippen LogP contribution is -2.13. The Morgan fingerprint density at radius 1 is 1.32 bits per heavy atom. The number of hydrogen-bond acceptors (Lipinski definition) is 5. The van der Waals surface area contributed by atoms with Crippen molar-refractivity contribution in [3.05, 3.63) is 47.7 Å². The van der Waals surface area contributed by atoms with Crippen molar-refractivity contribution < 1.29 is 24.0 Å². The van der Waals surface area contributed by atoms with E-state index in [9.17, 15) is 9.59 Å². The van der Waals surface area contributed by atoms with Crippen molar-refractivity contribution in [1.82, 2.24) is 5.16 Å². The summed E-state index contributed by atoms with van der Waals surface area (Å²) in [6.07, 6.45) is -0.742. The Bertz CT molecular complexity index is 579. The second-order valence-electron chi connectivity index (χ2n) is 3.57. The average Bonchev–Trinajstić information content (AvgIpc) is 2.86. The van der Waals surface area contributed by atoms with Crippen LogP contribution in [0.3, 0.4) is 0 Å². The van der Waals surface area contributed by atoms with Crippen LogP contribution in [0.1, 0.15) is 16.1 Å². The van der Waals surface area contributed by atoms with Gasteiger partial charge in [-0.15, -0.1) is 0 Å². The SMILES string of the molecule is O=C(Nc1cc(C(=O)O)on1)OCc1ccccc1. The summed E-state index contributed by atoms with van der Waals surface area (Å²) >= 11 is 0. The molecule has 7 heteroatoms. The zero-order valence-corrected chi connectivity index (χ0v) is 9.70. The third-order valence-electron chi connectivity index (χ3n) is 2.16. The molecule has 0 aliphatic heterocycles. The number of amides is 1. The van der Waals surface area contributed by atoms with Crippen LogP contribution in [-0.4, -0.2) is 22.3 Å². The number of anilines is 1. The third kappa shape index (κ3) is 3.56. The smallest absolute Gasteiger partial charge is 0.413 e. The molecule has 0 aliphatic rings. The molecule has 0 aliphatic carbocycles. The number of carbonyl (C=O) groups is 2. The number of carboxylic acids is 1. The highest BCUT2D eigenvalue weighted by atomic mass is 16.5. The molecule has 0 fully saturated rings. The fourth-order valence-corrected chi connectivity index (χ4v) is 1.30. The summed E-state index contributed by atoms with van der Waals surface area (Å²) in [6.45, 7) is 0.107. The van der Waals surface area contributed by atoms with Gasteiger partial charge < -0.3 is 14.4 Å². The lowest BCUT2D eigenvalue weighted by molar-refractivity contribution is 0.0652. The van der Waals surface area contributed by atoms with Crippen LogP contribution in [0.25, 0.3) is 0 Å². The molecule has 0 saturated heterocycles. The van der Waals surface area contributed by atoms with E-state index in [1.165, 1.54) is 0 Å². The second-order valence-corrected chi connectivity index (χ2v) is 3.57. The summed E-state index contributed by atoms with van der Waals surface area (Å²) in [6, 6.07) is 10.2. The first kappa shape index (κ1) is 12.6. The highest BCUT2D eigenvalue weighted by Crippen LogP contribution is 2.09. The number of aromatic carboxylic acids is 1. The van der Waals surface area contributed by atoms with Crippen molar-refractivity contribution in [1.29, 1.82) is 0 Å². The van der Waals surface area contributed by atoms with Crippen LogP contribution in [0.2, 0.25) is 0 Å². The van der Waals surface area contributed by atoms with E-state index in [4.69, 9.17) is 9.84 Å². The maximum atomic E-state index is 11.4. The van der Waals surface area contributed by atoms with E-state index in [1.54, 1.807) is 0 Å². The molecular formula is C12H10N2O5. The number of hydrogen-bond donors (Lipinski definition) is 2. The van der Waals surface area contributed by atoms with Gasteiger partial charge in [0, 0.05) is 6.07 Å². The molecule has 1 aromatic carbocycles. The molecular weight excluding hydrogens is 252 g/mol. The number of ether oxygens (including phenoxy) is 1. The van der Waals surface area contributed by atoms with Gasteiger partial charge in [-0.1, -0.05) is 35.5 Å². The highest BCUT2D eigenvalue weighted by Gasteiger charge is 2.13. The van der Waals surface area contributed by atoms with Gasteiger partial charge in [-0.05, 0) is 5.56 Å². The highest BCUT2D eigenvalue weighted by molar-refractivity contribution is 5.88. The number of nitrogens with one attached hydrogen (secondary N) is 1. The molecule has 0 spiro atoms. The Hall–Kier alpha value is -2.83. The van der Waals surface area contributed by atoms with Crippen LogP contribution in [-0.2, 0) is 11.3 Å². The van der Waals surface area contributed by atoms with Crippen LogP contribution in [0, 0.1) is 0 Å². The van der Waals surface area contributed by atoms with E-state index in [0.29, 0.717) is 0 Å². The maximum absolute atomic E-state index is 11.4.